The highest BCUT2D eigenvalue weighted by atomic mass is 32.2. The molecule has 8 nitrogen and oxygen atoms in total. The normalized spacial score (nSPS) is 11.6. The summed E-state index contributed by atoms with van der Waals surface area (Å²) < 4.78 is 37.2. The largest absolute Gasteiger partial charge is 0.497 e. The molecule has 2 aromatic carbocycles. The molecule has 0 spiro atoms. The Morgan fingerprint density at radius 2 is 1.70 bits per heavy atom. The number of sulfonamides is 1. The summed E-state index contributed by atoms with van der Waals surface area (Å²) in [6.45, 7) is 3.62. The molecule has 0 saturated carbocycles. The van der Waals surface area contributed by atoms with Crippen LogP contribution in [-0.2, 0) is 14.8 Å². The standard InChI is InChI=1S/C18H21N3O5S/c1-4-26-18(22)20-19-13(2)14-5-11-17(12-6-14)27(23,24)21-15-7-9-16(25-3)10-8-15/h5-12,21H,4H2,1-3H3,(H,20,22)/b19-13-. The van der Waals surface area contributed by atoms with Crippen LogP contribution in [0, 0.1) is 0 Å². The number of anilines is 1. The first-order chi connectivity index (χ1) is 12.9. The first kappa shape index (κ1) is 20.2. The van der Waals surface area contributed by atoms with Gasteiger partial charge in [-0.05, 0) is 55.8 Å². The highest BCUT2D eigenvalue weighted by molar-refractivity contribution is 7.92. The first-order valence-electron chi connectivity index (χ1n) is 8.10. The summed E-state index contributed by atoms with van der Waals surface area (Å²) in [6.07, 6.45) is -0.653. The summed E-state index contributed by atoms with van der Waals surface area (Å²) in [7, 11) is -2.19. The topological polar surface area (TPSA) is 106 Å². The van der Waals surface area contributed by atoms with Gasteiger partial charge in [-0.1, -0.05) is 12.1 Å². The van der Waals surface area contributed by atoms with Crippen LogP contribution >= 0.6 is 0 Å². The predicted octanol–water partition coefficient (Wildman–Crippen LogP) is 2.97. The molecule has 9 heteroatoms. The third-order valence-corrected chi connectivity index (χ3v) is 4.91. The Morgan fingerprint density at radius 3 is 2.26 bits per heavy atom. The van der Waals surface area contributed by atoms with Crippen molar-refractivity contribution < 1.29 is 22.7 Å². The average molecular weight is 391 g/mol. The highest BCUT2D eigenvalue weighted by Gasteiger charge is 2.14. The zero-order valence-corrected chi connectivity index (χ0v) is 16.0. The van der Waals surface area contributed by atoms with Crippen LogP contribution in [0.4, 0.5) is 10.5 Å². The summed E-state index contributed by atoms with van der Waals surface area (Å²) in [4.78, 5) is 11.3. The maximum atomic E-state index is 12.5. The van der Waals surface area contributed by atoms with Gasteiger partial charge in [0.15, 0.2) is 0 Å². The monoisotopic (exact) mass is 391 g/mol. The summed E-state index contributed by atoms with van der Waals surface area (Å²) in [5, 5.41) is 3.90. The van der Waals surface area contributed by atoms with Crippen LogP contribution in [0.25, 0.3) is 0 Å². The van der Waals surface area contributed by atoms with Gasteiger partial charge in [-0.3, -0.25) is 4.72 Å². The van der Waals surface area contributed by atoms with E-state index >= 15 is 0 Å². The first-order valence-corrected chi connectivity index (χ1v) is 9.58. The molecule has 0 bridgehead atoms. The van der Waals surface area contributed by atoms with E-state index in [1.54, 1.807) is 50.2 Å². The third-order valence-electron chi connectivity index (χ3n) is 3.51. The molecule has 0 fully saturated rings. The van der Waals surface area contributed by atoms with Gasteiger partial charge < -0.3 is 9.47 Å². The van der Waals surface area contributed by atoms with E-state index in [0.29, 0.717) is 22.7 Å². The van der Waals surface area contributed by atoms with E-state index in [0.717, 1.165) is 0 Å². The second-order valence-electron chi connectivity index (χ2n) is 5.39. The van der Waals surface area contributed by atoms with Gasteiger partial charge in [-0.2, -0.15) is 5.10 Å². The zero-order valence-electron chi connectivity index (χ0n) is 15.2. The Bertz CT molecular complexity index is 907. The van der Waals surface area contributed by atoms with Crippen molar-refractivity contribution in [1.29, 1.82) is 0 Å². The number of carbonyl (C=O) groups is 1. The van der Waals surface area contributed by atoms with E-state index in [4.69, 9.17) is 9.47 Å². The van der Waals surface area contributed by atoms with Gasteiger partial charge in [0.1, 0.15) is 5.75 Å². The molecule has 0 atom stereocenters. The van der Waals surface area contributed by atoms with Crippen LogP contribution in [-0.4, -0.2) is 33.9 Å². The van der Waals surface area contributed by atoms with Gasteiger partial charge >= 0.3 is 6.09 Å². The Morgan fingerprint density at radius 1 is 1.07 bits per heavy atom. The third kappa shape index (κ3) is 5.71. The van der Waals surface area contributed by atoms with Crippen LogP contribution in [0.5, 0.6) is 5.75 Å². The molecule has 2 rings (SSSR count). The molecule has 0 saturated heterocycles. The number of ether oxygens (including phenoxy) is 2. The van der Waals surface area contributed by atoms with Crippen LogP contribution in [0.2, 0.25) is 0 Å². The molecule has 1 amide bonds. The number of carbonyl (C=O) groups excluding carboxylic acids is 1. The van der Waals surface area contributed by atoms with Gasteiger partial charge in [-0.15, -0.1) is 0 Å². The lowest BCUT2D eigenvalue weighted by Crippen LogP contribution is -2.20. The van der Waals surface area contributed by atoms with Crippen LogP contribution < -0.4 is 14.9 Å². The summed E-state index contributed by atoms with van der Waals surface area (Å²) >= 11 is 0. The molecule has 2 aromatic rings. The van der Waals surface area contributed by atoms with E-state index < -0.39 is 16.1 Å². The number of benzene rings is 2. The number of rotatable bonds is 7. The van der Waals surface area contributed by atoms with E-state index in [1.165, 1.54) is 19.2 Å². The number of amides is 1. The van der Waals surface area contributed by atoms with Crippen LogP contribution in [0.15, 0.2) is 58.5 Å². The fourth-order valence-electron chi connectivity index (χ4n) is 2.11. The number of nitrogens with zero attached hydrogens (tertiary/aromatic N) is 1. The Balaban J connectivity index is 2.10. The molecular formula is C18H21N3O5S. The Kier molecular flexibility index (Phi) is 6.78. The average Bonchev–Trinajstić information content (AvgIpc) is 2.67. The lowest BCUT2D eigenvalue weighted by atomic mass is 10.1. The van der Waals surface area contributed by atoms with Crippen LogP contribution in [0.1, 0.15) is 19.4 Å². The second-order valence-corrected chi connectivity index (χ2v) is 7.07. The smallest absolute Gasteiger partial charge is 0.427 e. The van der Waals surface area contributed by atoms with Crippen molar-refractivity contribution >= 4 is 27.5 Å². The highest BCUT2D eigenvalue weighted by Crippen LogP contribution is 2.19. The predicted molar refractivity (Wildman–Crippen MR) is 103 cm³/mol. The van der Waals surface area contributed by atoms with E-state index in [9.17, 15) is 13.2 Å². The molecule has 0 aromatic heterocycles. The molecular weight excluding hydrogens is 370 g/mol. The molecule has 27 heavy (non-hydrogen) atoms. The van der Waals surface area contributed by atoms with Crippen molar-refractivity contribution in [2.45, 2.75) is 18.7 Å². The van der Waals surface area contributed by atoms with Crippen molar-refractivity contribution in [3.63, 3.8) is 0 Å². The van der Waals surface area contributed by atoms with Crippen molar-refractivity contribution in [2.24, 2.45) is 5.10 Å². The number of hydrogen-bond donors (Lipinski definition) is 2. The molecule has 0 unspecified atom stereocenters. The molecule has 144 valence electrons. The maximum Gasteiger partial charge on any atom is 0.427 e. The van der Waals surface area contributed by atoms with Crippen molar-refractivity contribution in [3.8, 4) is 5.75 Å². The number of methoxy groups -OCH3 is 1. The van der Waals surface area contributed by atoms with Gasteiger partial charge in [0.05, 0.1) is 24.3 Å². The van der Waals surface area contributed by atoms with Crippen molar-refractivity contribution in [2.75, 3.05) is 18.4 Å². The fourth-order valence-corrected chi connectivity index (χ4v) is 3.16. The maximum absolute atomic E-state index is 12.5. The number of hydrogen-bond acceptors (Lipinski definition) is 6. The summed E-state index contributed by atoms with van der Waals surface area (Å²) in [6, 6.07) is 12.7. The minimum atomic E-state index is -3.73. The molecule has 0 aliphatic heterocycles. The molecule has 0 aliphatic rings. The summed E-state index contributed by atoms with van der Waals surface area (Å²) in [5.41, 5.74) is 3.85. The minimum Gasteiger partial charge on any atom is -0.497 e. The zero-order chi connectivity index (χ0) is 19.9. The van der Waals surface area contributed by atoms with Crippen LogP contribution in [0.3, 0.4) is 0 Å². The van der Waals surface area contributed by atoms with E-state index in [-0.39, 0.29) is 11.5 Å². The van der Waals surface area contributed by atoms with Gasteiger partial charge in [-0.25, -0.2) is 18.6 Å². The number of nitrogens with one attached hydrogen (secondary N) is 2. The quantitative estimate of drug-likeness (QED) is 0.557. The van der Waals surface area contributed by atoms with Crippen molar-refractivity contribution in [3.05, 3.63) is 54.1 Å². The fraction of sp³-hybridized carbons (Fsp3) is 0.222. The molecule has 0 heterocycles. The van der Waals surface area contributed by atoms with Gasteiger partial charge in [0.2, 0.25) is 0 Å². The minimum absolute atomic E-state index is 0.105. The Labute approximate surface area is 158 Å². The number of hydrazone groups is 1. The van der Waals surface area contributed by atoms with Gasteiger partial charge in [0, 0.05) is 5.69 Å². The Hall–Kier alpha value is -3.07. The lowest BCUT2D eigenvalue weighted by Gasteiger charge is -2.09. The van der Waals surface area contributed by atoms with E-state index in [2.05, 4.69) is 15.2 Å². The second kappa shape index (κ2) is 9.04. The SMILES string of the molecule is CCOC(=O)N/N=C(/C)c1ccc(S(=O)(=O)Nc2ccc(OC)cc2)cc1. The molecule has 2 N–H and O–H groups in total. The van der Waals surface area contributed by atoms with Crippen molar-refractivity contribution in [1.82, 2.24) is 5.43 Å². The lowest BCUT2D eigenvalue weighted by molar-refractivity contribution is 0.152. The summed E-state index contributed by atoms with van der Waals surface area (Å²) in [5.74, 6) is 0.633. The van der Waals surface area contributed by atoms with E-state index in [1.807, 2.05) is 0 Å². The molecule has 0 aliphatic carbocycles. The van der Waals surface area contributed by atoms with Gasteiger partial charge in [0.25, 0.3) is 10.0 Å². The molecule has 0 radical (unpaired) electrons.